The zero-order chi connectivity index (χ0) is 19.4. The molecule has 2 heterocycles. The molecule has 2 aromatic rings. The maximum absolute atomic E-state index is 6.12. The van der Waals surface area contributed by atoms with Gasteiger partial charge in [0.1, 0.15) is 17.2 Å². The molecule has 0 saturated carbocycles. The summed E-state index contributed by atoms with van der Waals surface area (Å²) in [5.74, 6) is 3.30. The molecule has 0 radical (unpaired) electrons. The highest BCUT2D eigenvalue weighted by Gasteiger charge is 2.33. The van der Waals surface area contributed by atoms with Crippen molar-refractivity contribution >= 4 is 5.96 Å². The number of nitrogens with one attached hydrogen (secondary N) is 2. The van der Waals surface area contributed by atoms with E-state index in [0.29, 0.717) is 12.5 Å². The van der Waals surface area contributed by atoms with Crippen molar-refractivity contribution in [3.63, 3.8) is 0 Å². The number of guanidine groups is 1. The first-order valence-electron chi connectivity index (χ1n) is 9.63. The highest BCUT2D eigenvalue weighted by atomic mass is 16.5. The summed E-state index contributed by atoms with van der Waals surface area (Å²) < 4.78 is 8.31. The number of aromatic nitrogens is 2. The molecule has 6 heteroatoms. The van der Waals surface area contributed by atoms with Crippen LogP contribution < -0.4 is 15.4 Å². The monoisotopic (exact) mass is 369 g/mol. The average Bonchev–Trinajstić information content (AvgIpc) is 3.03. The fraction of sp³-hybridized carbons (Fsp3) is 0.524. The molecule has 3 rings (SSSR count). The SMILES string of the molecule is CN=C(NCc1nccn1CC(C)C)NC1CC(C)(C)Oc2ccccc21. The zero-order valence-electron chi connectivity index (χ0n) is 17.0. The van der Waals surface area contributed by atoms with Crippen molar-refractivity contribution in [1.82, 2.24) is 20.2 Å². The number of hydrogen-bond donors (Lipinski definition) is 2. The first-order chi connectivity index (χ1) is 12.9. The van der Waals surface area contributed by atoms with Gasteiger partial charge in [0.2, 0.25) is 0 Å². The van der Waals surface area contributed by atoms with Gasteiger partial charge in [-0.05, 0) is 25.8 Å². The number of aliphatic imine (C=N–C) groups is 1. The van der Waals surface area contributed by atoms with E-state index in [9.17, 15) is 0 Å². The van der Waals surface area contributed by atoms with Crippen LogP contribution in [0.4, 0.5) is 0 Å². The van der Waals surface area contributed by atoms with E-state index >= 15 is 0 Å². The lowest BCUT2D eigenvalue weighted by atomic mass is 9.90. The normalized spacial score (nSPS) is 18.7. The van der Waals surface area contributed by atoms with E-state index in [4.69, 9.17) is 4.74 Å². The Morgan fingerprint density at radius 2 is 2.15 bits per heavy atom. The van der Waals surface area contributed by atoms with E-state index in [-0.39, 0.29) is 11.6 Å². The van der Waals surface area contributed by atoms with E-state index < -0.39 is 0 Å². The Morgan fingerprint density at radius 1 is 1.37 bits per heavy atom. The van der Waals surface area contributed by atoms with Crippen LogP contribution in [0.15, 0.2) is 41.7 Å². The molecule has 1 aromatic carbocycles. The fourth-order valence-corrected chi connectivity index (χ4v) is 3.52. The third-order valence-corrected chi connectivity index (χ3v) is 4.69. The highest BCUT2D eigenvalue weighted by Crippen LogP contribution is 2.39. The molecule has 146 valence electrons. The van der Waals surface area contributed by atoms with Crippen LogP contribution in [0.1, 0.15) is 51.5 Å². The van der Waals surface area contributed by atoms with E-state index in [1.54, 1.807) is 7.05 Å². The lowest BCUT2D eigenvalue weighted by molar-refractivity contribution is 0.0694. The summed E-state index contributed by atoms with van der Waals surface area (Å²) in [5.41, 5.74) is 0.944. The molecule has 27 heavy (non-hydrogen) atoms. The summed E-state index contributed by atoms with van der Waals surface area (Å²) in [5, 5.41) is 6.97. The van der Waals surface area contributed by atoms with Gasteiger partial charge in [-0.2, -0.15) is 0 Å². The molecule has 0 bridgehead atoms. The van der Waals surface area contributed by atoms with Gasteiger partial charge < -0.3 is 19.9 Å². The van der Waals surface area contributed by atoms with Gasteiger partial charge in [0.25, 0.3) is 0 Å². The largest absolute Gasteiger partial charge is 0.487 e. The van der Waals surface area contributed by atoms with Crippen molar-refractivity contribution in [2.45, 2.75) is 58.8 Å². The number of hydrogen-bond acceptors (Lipinski definition) is 3. The van der Waals surface area contributed by atoms with Gasteiger partial charge in [-0.25, -0.2) is 4.98 Å². The van der Waals surface area contributed by atoms with Gasteiger partial charge in [0.05, 0.1) is 12.6 Å². The van der Waals surface area contributed by atoms with Gasteiger partial charge in [-0.15, -0.1) is 0 Å². The predicted octanol–water partition coefficient (Wildman–Crippen LogP) is 3.51. The van der Waals surface area contributed by atoms with Crippen molar-refractivity contribution in [3.8, 4) is 5.75 Å². The first kappa shape index (κ1) is 19.3. The van der Waals surface area contributed by atoms with Gasteiger partial charge in [-0.3, -0.25) is 4.99 Å². The molecule has 0 saturated heterocycles. The number of imidazole rings is 1. The number of para-hydroxylation sites is 1. The van der Waals surface area contributed by atoms with Crippen molar-refractivity contribution in [2.24, 2.45) is 10.9 Å². The van der Waals surface area contributed by atoms with Gasteiger partial charge in [0.15, 0.2) is 5.96 Å². The molecule has 1 atom stereocenters. The van der Waals surface area contributed by atoms with Crippen LogP contribution in [0.5, 0.6) is 5.75 Å². The third-order valence-electron chi connectivity index (χ3n) is 4.69. The molecule has 2 N–H and O–H groups in total. The van der Waals surface area contributed by atoms with Crippen LogP contribution in [0.2, 0.25) is 0 Å². The van der Waals surface area contributed by atoms with E-state index in [0.717, 1.165) is 30.5 Å². The Bertz CT molecular complexity index is 793. The number of fused-ring (bicyclic) bond motifs is 1. The Kier molecular flexibility index (Phi) is 5.73. The minimum atomic E-state index is -0.224. The predicted molar refractivity (Wildman–Crippen MR) is 109 cm³/mol. The molecule has 0 spiro atoms. The third kappa shape index (κ3) is 4.81. The quantitative estimate of drug-likeness (QED) is 0.625. The molecule has 0 amide bonds. The molecule has 6 nitrogen and oxygen atoms in total. The lowest BCUT2D eigenvalue weighted by Crippen LogP contribution is -2.45. The molecule has 0 fully saturated rings. The van der Waals surface area contributed by atoms with E-state index in [1.807, 2.05) is 30.6 Å². The molecule has 1 aromatic heterocycles. The standard InChI is InChI=1S/C21H31N5O/c1-15(2)14-26-11-10-23-19(26)13-24-20(22-5)25-17-12-21(3,4)27-18-9-7-6-8-16(17)18/h6-11,15,17H,12-14H2,1-5H3,(H2,22,24,25). The van der Waals surface area contributed by atoms with Crippen LogP contribution in [-0.2, 0) is 13.1 Å². The molecule has 0 aliphatic carbocycles. The maximum Gasteiger partial charge on any atom is 0.191 e. The maximum atomic E-state index is 6.12. The Hall–Kier alpha value is -2.50. The fourth-order valence-electron chi connectivity index (χ4n) is 3.52. The highest BCUT2D eigenvalue weighted by molar-refractivity contribution is 5.80. The van der Waals surface area contributed by atoms with Crippen LogP contribution >= 0.6 is 0 Å². The second-order valence-corrected chi connectivity index (χ2v) is 8.12. The molecule has 1 unspecified atom stereocenters. The molecule has 1 aliphatic heterocycles. The molecular weight excluding hydrogens is 338 g/mol. The number of rotatable bonds is 5. The Balaban J connectivity index is 1.68. The minimum absolute atomic E-state index is 0.145. The van der Waals surface area contributed by atoms with Gasteiger partial charge in [-0.1, -0.05) is 32.0 Å². The topological polar surface area (TPSA) is 63.5 Å². The smallest absolute Gasteiger partial charge is 0.191 e. The number of nitrogens with zero attached hydrogens (tertiary/aromatic N) is 3. The van der Waals surface area contributed by atoms with Crippen molar-refractivity contribution in [1.29, 1.82) is 0 Å². The summed E-state index contributed by atoms with van der Waals surface area (Å²) >= 11 is 0. The van der Waals surface area contributed by atoms with E-state index in [1.165, 1.54) is 5.56 Å². The van der Waals surface area contributed by atoms with Gasteiger partial charge in [0, 0.05) is 38.0 Å². The Labute approximate surface area is 162 Å². The van der Waals surface area contributed by atoms with Crippen LogP contribution in [0.3, 0.4) is 0 Å². The number of benzene rings is 1. The summed E-state index contributed by atoms with van der Waals surface area (Å²) in [7, 11) is 1.80. The second kappa shape index (κ2) is 8.03. The number of ether oxygens (including phenoxy) is 1. The summed E-state index contributed by atoms with van der Waals surface area (Å²) in [4.78, 5) is 8.89. The van der Waals surface area contributed by atoms with Crippen LogP contribution in [-0.4, -0.2) is 28.2 Å². The lowest BCUT2D eigenvalue weighted by Gasteiger charge is -2.38. The second-order valence-electron chi connectivity index (χ2n) is 8.12. The van der Waals surface area contributed by atoms with Crippen molar-refractivity contribution < 1.29 is 4.74 Å². The zero-order valence-corrected chi connectivity index (χ0v) is 17.0. The first-order valence-corrected chi connectivity index (χ1v) is 9.63. The summed E-state index contributed by atoms with van der Waals surface area (Å²) in [6, 6.07) is 8.35. The Morgan fingerprint density at radius 3 is 2.89 bits per heavy atom. The average molecular weight is 370 g/mol. The van der Waals surface area contributed by atoms with Crippen molar-refractivity contribution in [3.05, 3.63) is 48.0 Å². The van der Waals surface area contributed by atoms with Crippen LogP contribution in [0, 0.1) is 5.92 Å². The summed E-state index contributed by atoms with van der Waals surface area (Å²) in [6.45, 7) is 10.3. The van der Waals surface area contributed by atoms with E-state index in [2.05, 4.69) is 58.9 Å². The van der Waals surface area contributed by atoms with Crippen LogP contribution in [0.25, 0.3) is 0 Å². The summed E-state index contributed by atoms with van der Waals surface area (Å²) in [6.07, 6.45) is 4.75. The van der Waals surface area contributed by atoms with Crippen molar-refractivity contribution in [2.75, 3.05) is 7.05 Å². The molecule has 1 aliphatic rings. The molecular formula is C21H31N5O. The minimum Gasteiger partial charge on any atom is -0.487 e. The van der Waals surface area contributed by atoms with Gasteiger partial charge >= 0.3 is 0 Å².